The SMILES string of the molecule is Cc1cc(C=O)ccc1C=CCC=O. The minimum absolute atomic E-state index is 0.425. The number of aryl methyl sites for hydroxylation is 1. The van der Waals surface area contributed by atoms with E-state index in [0.29, 0.717) is 12.0 Å². The molecule has 0 spiro atoms. The quantitative estimate of drug-likeness (QED) is 0.680. The van der Waals surface area contributed by atoms with Crippen molar-refractivity contribution in [2.75, 3.05) is 0 Å². The largest absolute Gasteiger partial charge is 0.303 e. The standard InChI is InChI=1S/C12H12O2/c1-10-8-11(9-14)5-6-12(10)4-2-3-7-13/h2,4-9H,3H2,1H3. The monoisotopic (exact) mass is 188 g/mol. The maximum absolute atomic E-state index is 10.5. The lowest BCUT2D eigenvalue weighted by molar-refractivity contribution is -0.107. The molecular formula is C12H12O2. The minimum atomic E-state index is 0.425. The van der Waals surface area contributed by atoms with Crippen molar-refractivity contribution in [3.05, 3.63) is 41.0 Å². The highest BCUT2D eigenvalue weighted by atomic mass is 16.1. The van der Waals surface area contributed by atoms with Gasteiger partial charge in [-0.1, -0.05) is 24.3 Å². The summed E-state index contributed by atoms with van der Waals surface area (Å²) in [7, 11) is 0. The van der Waals surface area contributed by atoms with Gasteiger partial charge in [0.05, 0.1) is 0 Å². The maximum Gasteiger partial charge on any atom is 0.150 e. The summed E-state index contributed by atoms with van der Waals surface area (Å²) in [5.41, 5.74) is 2.75. The van der Waals surface area contributed by atoms with E-state index in [0.717, 1.165) is 23.7 Å². The van der Waals surface area contributed by atoms with Crippen LogP contribution in [0.5, 0.6) is 0 Å². The van der Waals surface area contributed by atoms with Gasteiger partial charge in [-0.3, -0.25) is 4.79 Å². The Balaban J connectivity index is 2.88. The van der Waals surface area contributed by atoms with Crippen LogP contribution in [0, 0.1) is 6.92 Å². The van der Waals surface area contributed by atoms with Crippen LogP contribution in [0.4, 0.5) is 0 Å². The van der Waals surface area contributed by atoms with E-state index >= 15 is 0 Å². The van der Waals surface area contributed by atoms with Crippen LogP contribution in [0.2, 0.25) is 0 Å². The predicted molar refractivity (Wildman–Crippen MR) is 56.3 cm³/mol. The van der Waals surface area contributed by atoms with Gasteiger partial charge in [0.1, 0.15) is 12.6 Å². The summed E-state index contributed by atoms with van der Waals surface area (Å²) in [5.74, 6) is 0. The smallest absolute Gasteiger partial charge is 0.150 e. The third kappa shape index (κ3) is 2.66. The lowest BCUT2D eigenvalue weighted by Gasteiger charge is -2.00. The van der Waals surface area contributed by atoms with Crippen molar-refractivity contribution < 1.29 is 9.59 Å². The van der Waals surface area contributed by atoms with Crippen molar-refractivity contribution in [1.82, 2.24) is 0 Å². The fourth-order valence-electron chi connectivity index (χ4n) is 1.21. The average Bonchev–Trinajstić information content (AvgIpc) is 2.20. The highest BCUT2D eigenvalue weighted by molar-refractivity contribution is 5.76. The third-order valence-corrected chi connectivity index (χ3v) is 1.96. The number of carbonyl (C=O) groups is 2. The topological polar surface area (TPSA) is 34.1 Å². The first-order valence-electron chi connectivity index (χ1n) is 4.44. The lowest BCUT2D eigenvalue weighted by atomic mass is 10.1. The van der Waals surface area contributed by atoms with E-state index in [1.807, 2.05) is 25.1 Å². The number of hydrogen-bond acceptors (Lipinski definition) is 2. The Kier molecular flexibility index (Phi) is 3.80. The summed E-state index contributed by atoms with van der Waals surface area (Å²) in [6.45, 7) is 1.94. The molecule has 1 aromatic carbocycles. The molecular weight excluding hydrogens is 176 g/mol. The molecule has 0 heterocycles. The molecule has 0 N–H and O–H groups in total. The summed E-state index contributed by atoms with van der Waals surface area (Å²) in [4.78, 5) is 20.5. The minimum Gasteiger partial charge on any atom is -0.303 e. The molecule has 0 aromatic heterocycles. The Hall–Kier alpha value is -1.70. The highest BCUT2D eigenvalue weighted by Crippen LogP contribution is 2.11. The summed E-state index contributed by atoms with van der Waals surface area (Å²) in [6.07, 6.45) is 5.79. The van der Waals surface area contributed by atoms with Crippen molar-refractivity contribution in [3.8, 4) is 0 Å². The maximum atomic E-state index is 10.5. The Morgan fingerprint density at radius 3 is 2.64 bits per heavy atom. The van der Waals surface area contributed by atoms with E-state index in [9.17, 15) is 9.59 Å². The van der Waals surface area contributed by atoms with E-state index in [-0.39, 0.29) is 0 Å². The first-order valence-corrected chi connectivity index (χ1v) is 4.44. The summed E-state index contributed by atoms with van der Waals surface area (Å²) in [5, 5.41) is 0. The van der Waals surface area contributed by atoms with E-state index in [2.05, 4.69) is 0 Å². The van der Waals surface area contributed by atoms with E-state index < -0.39 is 0 Å². The van der Waals surface area contributed by atoms with Gasteiger partial charge in [0.25, 0.3) is 0 Å². The van der Waals surface area contributed by atoms with Gasteiger partial charge in [0.15, 0.2) is 0 Å². The molecule has 0 aliphatic rings. The van der Waals surface area contributed by atoms with Crippen LogP contribution in [0.3, 0.4) is 0 Å². The lowest BCUT2D eigenvalue weighted by Crippen LogP contribution is -1.85. The van der Waals surface area contributed by atoms with Crippen LogP contribution in [0.15, 0.2) is 24.3 Å². The second kappa shape index (κ2) is 5.12. The molecule has 0 saturated heterocycles. The fourth-order valence-corrected chi connectivity index (χ4v) is 1.21. The molecule has 1 rings (SSSR count). The van der Waals surface area contributed by atoms with Gasteiger partial charge in [-0.05, 0) is 24.1 Å². The molecule has 0 bridgehead atoms. The van der Waals surface area contributed by atoms with Crippen molar-refractivity contribution in [2.24, 2.45) is 0 Å². The molecule has 0 radical (unpaired) electrons. The van der Waals surface area contributed by atoms with Crippen LogP contribution in [0.1, 0.15) is 27.9 Å². The predicted octanol–water partition coefficient (Wildman–Crippen LogP) is 2.41. The van der Waals surface area contributed by atoms with Crippen molar-refractivity contribution in [1.29, 1.82) is 0 Å². The number of allylic oxidation sites excluding steroid dienone is 1. The molecule has 0 fully saturated rings. The zero-order valence-corrected chi connectivity index (χ0v) is 8.07. The molecule has 2 nitrogen and oxygen atoms in total. The van der Waals surface area contributed by atoms with Gasteiger partial charge in [-0.25, -0.2) is 0 Å². The molecule has 0 unspecified atom stereocenters. The molecule has 0 aliphatic carbocycles. The van der Waals surface area contributed by atoms with Gasteiger partial charge < -0.3 is 4.79 Å². The molecule has 0 aliphatic heterocycles. The Bertz CT molecular complexity index is 365. The fraction of sp³-hybridized carbons (Fsp3) is 0.167. The van der Waals surface area contributed by atoms with Crippen LogP contribution in [0.25, 0.3) is 6.08 Å². The molecule has 1 aromatic rings. The van der Waals surface area contributed by atoms with E-state index in [1.54, 1.807) is 12.1 Å². The summed E-state index contributed by atoms with van der Waals surface area (Å²) >= 11 is 0. The first-order chi connectivity index (χ1) is 6.77. The molecule has 0 atom stereocenters. The van der Waals surface area contributed by atoms with Gasteiger partial charge >= 0.3 is 0 Å². The Morgan fingerprint density at radius 1 is 1.29 bits per heavy atom. The number of aldehydes is 2. The number of rotatable bonds is 4. The highest BCUT2D eigenvalue weighted by Gasteiger charge is 1.95. The number of carbonyl (C=O) groups excluding carboxylic acids is 2. The zero-order valence-electron chi connectivity index (χ0n) is 8.07. The third-order valence-electron chi connectivity index (χ3n) is 1.96. The van der Waals surface area contributed by atoms with E-state index in [4.69, 9.17) is 0 Å². The zero-order chi connectivity index (χ0) is 10.4. The number of benzene rings is 1. The van der Waals surface area contributed by atoms with Crippen LogP contribution >= 0.6 is 0 Å². The van der Waals surface area contributed by atoms with Crippen molar-refractivity contribution in [2.45, 2.75) is 13.3 Å². The van der Waals surface area contributed by atoms with Gasteiger partial charge in [0.2, 0.25) is 0 Å². The van der Waals surface area contributed by atoms with Crippen molar-refractivity contribution in [3.63, 3.8) is 0 Å². The normalized spacial score (nSPS) is 10.4. The molecule has 0 amide bonds. The van der Waals surface area contributed by atoms with Gasteiger partial charge in [-0.2, -0.15) is 0 Å². The number of hydrogen-bond donors (Lipinski definition) is 0. The van der Waals surface area contributed by atoms with Gasteiger partial charge in [0, 0.05) is 12.0 Å². The first kappa shape index (κ1) is 10.4. The Morgan fingerprint density at radius 2 is 2.07 bits per heavy atom. The van der Waals surface area contributed by atoms with Crippen molar-refractivity contribution >= 4 is 18.6 Å². The summed E-state index contributed by atoms with van der Waals surface area (Å²) in [6, 6.07) is 5.47. The van der Waals surface area contributed by atoms with E-state index in [1.165, 1.54) is 0 Å². The molecule has 2 heteroatoms. The summed E-state index contributed by atoms with van der Waals surface area (Å²) < 4.78 is 0. The van der Waals surface area contributed by atoms with Gasteiger partial charge in [-0.15, -0.1) is 0 Å². The van der Waals surface area contributed by atoms with Crippen LogP contribution in [-0.4, -0.2) is 12.6 Å². The Labute approximate surface area is 83.3 Å². The average molecular weight is 188 g/mol. The van der Waals surface area contributed by atoms with Crippen LogP contribution < -0.4 is 0 Å². The second-order valence-electron chi connectivity index (χ2n) is 3.04. The van der Waals surface area contributed by atoms with Crippen LogP contribution in [-0.2, 0) is 4.79 Å². The molecule has 14 heavy (non-hydrogen) atoms. The second-order valence-corrected chi connectivity index (χ2v) is 3.04. The molecule has 72 valence electrons. The molecule has 0 saturated carbocycles.